The molecule has 0 aliphatic heterocycles. The molecule has 0 radical (unpaired) electrons. The fourth-order valence-electron chi connectivity index (χ4n) is 9.85. The molecule has 1 aromatic rings. The van der Waals surface area contributed by atoms with Crippen LogP contribution >= 0.6 is 25.3 Å². The molecule has 8 nitrogen and oxygen atoms in total. The van der Waals surface area contributed by atoms with Gasteiger partial charge in [-0.2, -0.15) is 39.3 Å². The van der Waals surface area contributed by atoms with Crippen molar-refractivity contribution in [1.82, 2.24) is 5.32 Å². The number of benzene rings is 1. The second kappa shape index (κ2) is 22.9. The smallest absolute Gasteiger partial charge is 0.227 e. The van der Waals surface area contributed by atoms with Crippen molar-refractivity contribution >= 4 is 41.3 Å². The Bertz CT molecular complexity index is 1720. The summed E-state index contributed by atoms with van der Waals surface area (Å²) in [5.74, 6) is -8.72. The highest BCUT2D eigenvalue weighted by Crippen LogP contribution is 2.65. The lowest BCUT2D eigenvalue weighted by molar-refractivity contribution is -0.890. The summed E-state index contributed by atoms with van der Waals surface area (Å²) in [6, 6.07) is 2.43. The normalized spacial score (nSPS) is 17.4. The molecule has 0 saturated carbocycles. The lowest BCUT2D eigenvalue weighted by atomic mass is 9.47. The molecule has 5 unspecified atom stereocenters. The summed E-state index contributed by atoms with van der Waals surface area (Å²) in [6.45, 7) is 22.2. The summed E-state index contributed by atoms with van der Waals surface area (Å²) >= 11 is 9.33. The van der Waals surface area contributed by atoms with Crippen LogP contribution in [0.5, 0.6) is 5.75 Å². The van der Waals surface area contributed by atoms with E-state index in [4.69, 9.17) is 17.4 Å². The first-order valence-corrected chi connectivity index (χ1v) is 24.9. The van der Waals surface area contributed by atoms with Gasteiger partial charge in [-0.3, -0.25) is 4.79 Å². The zero-order chi connectivity index (χ0) is 47.5. The van der Waals surface area contributed by atoms with Crippen LogP contribution in [-0.4, -0.2) is 79.9 Å². The highest BCUT2D eigenvalue weighted by Gasteiger charge is 2.59. The lowest BCUT2D eigenvalue weighted by Gasteiger charge is -2.58. The molecular formula is C46H79F4N3O5S3. The van der Waals surface area contributed by atoms with Crippen molar-refractivity contribution in [3.63, 3.8) is 0 Å². The summed E-state index contributed by atoms with van der Waals surface area (Å²) in [6.07, 6.45) is 4.84. The van der Waals surface area contributed by atoms with Crippen LogP contribution in [0.3, 0.4) is 0 Å². The third kappa shape index (κ3) is 13.4. The molecule has 0 heterocycles. The van der Waals surface area contributed by atoms with E-state index in [-0.39, 0.29) is 31.8 Å². The first kappa shape index (κ1) is 57.3. The number of hydrogen-bond acceptors (Lipinski definition) is 8. The minimum absolute atomic E-state index is 0.0279. The van der Waals surface area contributed by atoms with Crippen molar-refractivity contribution in [2.45, 2.75) is 164 Å². The monoisotopic (exact) mass is 926 g/mol. The molecule has 1 aromatic carbocycles. The van der Waals surface area contributed by atoms with E-state index in [0.29, 0.717) is 87.7 Å². The summed E-state index contributed by atoms with van der Waals surface area (Å²) < 4.78 is 105. The van der Waals surface area contributed by atoms with Crippen molar-refractivity contribution in [1.29, 1.82) is 5.26 Å². The molecule has 1 N–H and O–H groups in total. The number of unbranched alkanes of at least 4 members (excludes halogenated alkanes) is 1. The Balaban J connectivity index is 4.09. The van der Waals surface area contributed by atoms with Crippen LogP contribution in [0.4, 0.5) is 17.6 Å². The molecule has 1 amide bonds. The first-order chi connectivity index (χ1) is 28.0. The predicted octanol–water partition coefficient (Wildman–Crippen LogP) is 11.4. The Hall–Kier alpha value is -1.73. The fourth-order valence-corrected chi connectivity index (χ4v) is 11.0. The van der Waals surface area contributed by atoms with Gasteiger partial charge in [0.25, 0.3) is 0 Å². The number of nitrogens with zero attached hydrogens (tertiary/aromatic N) is 2. The average Bonchev–Trinajstić information content (AvgIpc) is 3.18. The summed E-state index contributed by atoms with van der Waals surface area (Å²) in [7, 11) is -0.453. The number of carbonyl (C=O) groups is 1. The molecule has 0 aliphatic rings. The minimum atomic E-state index is -4.32. The van der Waals surface area contributed by atoms with Crippen molar-refractivity contribution < 1.29 is 44.5 Å². The van der Waals surface area contributed by atoms with Crippen LogP contribution < -0.4 is 10.1 Å². The van der Waals surface area contributed by atoms with Gasteiger partial charge in [0, 0.05) is 35.4 Å². The molecule has 0 bridgehead atoms. The van der Waals surface area contributed by atoms with Crippen LogP contribution in [0, 0.1) is 61.7 Å². The fraction of sp³-hybridized carbons (Fsp3) is 0.826. The summed E-state index contributed by atoms with van der Waals surface area (Å²) in [5, 5.41) is 13.7. The average molecular weight is 926 g/mol. The molecule has 0 fully saturated rings. The van der Waals surface area contributed by atoms with E-state index in [2.05, 4.69) is 24.0 Å². The van der Waals surface area contributed by atoms with E-state index in [9.17, 15) is 23.0 Å². The number of nitriles is 1. The Labute approximate surface area is 378 Å². The number of rotatable bonds is 29. The number of ether oxygens (including phenoxy) is 1. The predicted molar refractivity (Wildman–Crippen MR) is 245 cm³/mol. The number of nitrogens with one attached hydrogen (secondary N) is 1. The van der Waals surface area contributed by atoms with Gasteiger partial charge < -0.3 is 19.1 Å². The van der Waals surface area contributed by atoms with Gasteiger partial charge in [-0.05, 0) is 107 Å². The maximum absolute atomic E-state index is 16.9. The van der Waals surface area contributed by atoms with E-state index < -0.39 is 88.2 Å². The number of quaternary nitrogens is 1. The van der Waals surface area contributed by atoms with Gasteiger partial charge in [0.05, 0.1) is 60.8 Å². The van der Waals surface area contributed by atoms with Crippen molar-refractivity contribution in [3.8, 4) is 11.8 Å². The first-order valence-electron chi connectivity index (χ1n) is 22.2. The third-order valence-corrected chi connectivity index (χ3v) is 17.0. The number of hydrogen-bond donors (Lipinski definition) is 3. The molecule has 0 aromatic heterocycles. The van der Waals surface area contributed by atoms with E-state index in [1.54, 1.807) is 13.8 Å². The van der Waals surface area contributed by atoms with Crippen molar-refractivity contribution in [3.05, 3.63) is 28.8 Å². The van der Waals surface area contributed by atoms with E-state index >= 15 is 17.6 Å². The SMILES string of the molecule is CCCC(C)(S)C(C)(CC(C)(CC)C(C)(CC)C(CC(CC)(CC)C(C)(C)C#N)c1c(F)c(F)c(OCCCCS)c(F)c1F)C(=O)NCCC[N+](C)(C)CCCS(=O)(=O)[O-]. The third-order valence-electron chi connectivity index (χ3n) is 15.2. The zero-order valence-corrected chi connectivity index (χ0v) is 42.2. The van der Waals surface area contributed by atoms with Gasteiger partial charge >= 0.3 is 0 Å². The van der Waals surface area contributed by atoms with Crippen molar-refractivity contribution in [2.24, 2.45) is 27.1 Å². The van der Waals surface area contributed by atoms with Gasteiger partial charge in [-0.15, -0.1) is 0 Å². The van der Waals surface area contributed by atoms with Crippen LogP contribution in [0.2, 0.25) is 0 Å². The van der Waals surface area contributed by atoms with Gasteiger partial charge in [0.2, 0.25) is 17.5 Å². The Morgan fingerprint density at radius 2 is 1.41 bits per heavy atom. The molecule has 5 atom stereocenters. The molecule has 0 aliphatic carbocycles. The van der Waals surface area contributed by atoms with E-state index in [1.165, 1.54) is 0 Å². The standard InChI is InChI=1S/C46H79F4N3O5S3/c1-14-23-45(11,60)44(10,40(54)52-24-21-25-53(12,13)26-22-29-61(55,56)57)31-42(8,15-2)43(9,16-3)33(30-46(17-4,18-5)41(6,7)32-51)34-35(47)37(49)39(38(50)36(34)48)58-27-19-20-28-59/h33H,14-31H2,1-13H3,(H3-,52,54,55,56,57,59,60). The lowest BCUT2D eigenvalue weighted by Crippen LogP contribution is -2.56. The zero-order valence-electron chi connectivity index (χ0n) is 39.6. The van der Waals surface area contributed by atoms with Crippen LogP contribution in [-0.2, 0) is 14.9 Å². The van der Waals surface area contributed by atoms with E-state index in [1.807, 2.05) is 76.4 Å². The largest absolute Gasteiger partial charge is 0.748 e. The highest BCUT2D eigenvalue weighted by atomic mass is 32.2. The molecule has 0 saturated heterocycles. The van der Waals surface area contributed by atoms with Gasteiger partial charge in [-0.1, -0.05) is 61.3 Å². The maximum atomic E-state index is 16.9. The van der Waals surface area contributed by atoms with Crippen LogP contribution in [0.1, 0.15) is 165 Å². The number of amides is 1. The molecule has 0 spiro atoms. The maximum Gasteiger partial charge on any atom is 0.227 e. The number of thiol groups is 2. The second-order valence-electron chi connectivity index (χ2n) is 19.6. The van der Waals surface area contributed by atoms with Crippen LogP contribution in [0.15, 0.2) is 0 Å². The van der Waals surface area contributed by atoms with Gasteiger partial charge in [0.15, 0.2) is 17.4 Å². The van der Waals surface area contributed by atoms with Crippen molar-refractivity contribution in [2.75, 3.05) is 51.8 Å². The van der Waals surface area contributed by atoms with Gasteiger partial charge in [-0.25, -0.2) is 17.2 Å². The Morgan fingerprint density at radius 3 is 1.85 bits per heavy atom. The van der Waals surface area contributed by atoms with Gasteiger partial charge in [0.1, 0.15) is 0 Å². The molecule has 61 heavy (non-hydrogen) atoms. The highest BCUT2D eigenvalue weighted by molar-refractivity contribution is 7.85. The molecule has 15 heteroatoms. The summed E-state index contributed by atoms with van der Waals surface area (Å²) in [4.78, 5) is 14.8. The number of halogens is 4. The quantitative estimate of drug-likeness (QED) is 0.0184. The summed E-state index contributed by atoms with van der Waals surface area (Å²) in [5.41, 5.74) is -5.80. The molecule has 354 valence electrons. The Morgan fingerprint density at radius 1 is 0.869 bits per heavy atom. The van der Waals surface area contributed by atoms with Crippen LogP contribution in [0.25, 0.3) is 0 Å². The number of carbonyl (C=O) groups excluding carboxylic acids is 1. The minimum Gasteiger partial charge on any atom is -0.748 e. The molecule has 1 rings (SSSR count). The topological polar surface area (TPSA) is 119 Å². The second-order valence-corrected chi connectivity index (χ2v) is 22.5. The molecular weight excluding hydrogens is 847 g/mol. The Kier molecular flexibility index (Phi) is 21.5. The van der Waals surface area contributed by atoms with E-state index in [0.717, 1.165) is 0 Å².